The first kappa shape index (κ1) is 24.7. The first-order chi connectivity index (χ1) is 16.7. The minimum absolute atomic E-state index is 0.0842. The summed E-state index contributed by atoms with van der Waals surface area (Å²) in [5.74, 6) is 0.771. The summed E-state index contributed by atoms with van der Waals surface area (Å²) >= 11 is 0. The third kappa shape index (κ3) is 5.16. The number of anilines is 1. The molecule has 2 aromatic rings. The van der Waals surface area contributed by atoms with Gasteiger partial charge in [0.15, 0.2) is 0 Å². The van der Waals surface area contributed by atoms with E-state index in [1.165, 1.54) is 26.4 Å². The van der Waals surface area contributed by atoms with Crippen LogP contribution in [0.25, 0.3) is 0 Å². The van der Waals surface area contributed by atoms with E-state index in [1.54, 1.807) is 28.0 Å². The van der Waals surface area contributed by atoms with Crippen molar-refractivity contribution < 1.29 is 32.2 Å². The normalized spacial score (nSPS) is 17.4. The van der Waals surface area contributed by atoms with Gasteiger partial charge < -0.3 is 24.6 Å². The number of rotatable bonds is 4. The molecule has 188 valence electrons. The molecule has 2 heterocycles. The molecule has 2 fully saturated rings. The third-order valence-corrected chi connectivity index (χ3v) is 6.94. The van der Waals surface area contributed by atoms with Crippen molar-refractivity contribution >= 4 is 17.6 Å². The third-order valence-electron chi connectivity index (χ3n) is 6.94. The summed E-state index contributed by atoms with van der Waals surface area (Å²) in [4.78, 5) is 29.4. The lowest BCUT2D eigenvalue weighted by atomic mass is 9.77. The van der Waals surface area contributed by atoms with E-state index in [-0.39, 0.29) is 17.4 Å². The second-order valence-electron chi connectivity index (χ2n) is 9.01. The Morgan fingerprint density at radius 3 is 1.94 bits per heavy atom. The second kappa shape index (κ2) is 9.67. The number of alkyl halides is 3. The van der Waals surface area contributed by atoms with Crippen molar-refractivity contribution in [2.45, 2.75) is 25.4 Å². The summed E-state index contributed by atoms with van der Waals surface area (Å²) in [5, 5.41) is 2.69. The monoisotopic (exact) mass is 491 g/mol. The minimum atomic E-state index is -4.42. The van der Waals surface area contributed by atoms with Gasteiger partial charge in [-0.25, -0.2) is 4.79 Å². The highest BCUT2D eigenvalue weighted by Crippen LogP contribution is 2.41. The summed E-state index contributed by atoms with van der Waals surface area (Å²) in [5.41, 5.74) is -0.130. The number of ether oxygens (including phenoxy) is 2. The average Bonchev–Trinajstić information content (AvgIpc) is 3.27. The Labute approximate surface area is 201 Å². The molecule has 2 saturated heterocycles. The van der Waals surface area contributed by atoms with Gasteiger partial charge in [0, 0.05) is 31.9 Å². The minimum Gasteiger partial charge on any atom is -0.496 e. The molecule has 7 nitrogen and oxygen atoms in total. The molecular formula is C25H28F3N3O4. The molecule has 0 aromatic heterocycles. The number of hydrogen-bond acceptors (Lipinski definition) is 4. The molecule has 10 heteroatoms. The van der Waals surface area contributed by atoms with Gasteiger partial charge in [0.2, 0.25) is 0 Å². The van der Waals surface area contributed by atoms with Crippen LogP contribution < -0.4 is 14.8 Å². The van der Waals surface area contributed by atoms with Crippen LogP contribution in [-0.2, 0) is 6.18 Å². The summed E-state index contributed by atoms with van der Waals surface area (Å²) in [6, 6.07) is 9.29. The van der Waals surface area contributed by atoms with Crippen LogP contribution in [-0.4, -0.2) is 62.1 Å². The molecular weight excluding hydrogens is 463 g/mol. The van der Waals surface area contributed by atoms with E-state index >= 15 is 0 Å². The molecule has 1 spiro atoms. The molecule has 0 bridgehead atoms. The standard InChI is InChI=1S/C25H28F3N3O4/c1-34-19-4-3-5-20(35-2)21(19)22(32)30-13-10-24(11-14-30)12-15-31(16-24)23(33)29-18-8-6-17(7-9-18)25(26,27)28/h3-9H,10-16H2,1-2H3,(H,29,33). The fraction of sp³-hybridized carbons (Fsp3) is 0.440. The van der Waals surface area contributed by atoms with Gasteiger partial charge in [-0.3, -0.25) is 4.79 Å². The maximum Gasteiger partial charge on any atom is 0.416 e. The van der Waals surface area contributed by atoms with Gasteiger partial charge in [0.05, 0.1) is 19.8 Å². The highest BCUT2D eigenvalue weighted by molar-refractivity contribution is 5.99. The Morgan fingerprint density at radius 2 is 1.43 bits per heavy atom. The lowest BCUT2D eigenvalue weighted by molar-refractivity contribution is -0.137. The second-order valence-corrected chi connectivity index (χ2v) is 9.01. The number of benzene rings is 2. The Kier molecular flexibility index (Phi) is 6.82. The predicted molar refractivity (Wildman–Crippen MR) is 124 cm³/mol. The number of amides is 3. The van der Waals surface area contributed by atoms with E-state index in [0.29, 0.717) is 48.9 Å². The number of hydrogen-bond donors (Lipinski definition) is 1. The van der Waals surface area contributed by atoms with Crippen molar-refractivity contribution in [3.63, 3.8) is 0 Å². The van der Waals surface area contributed by atoms with Crippen LogP contribution in [0.3, 0.4) is 0 Å². The van der Waals surface area contributed by atoms with E-state index < -0.39 is 11.7 Å². The molecule has 0 saturated carbocycles. The number of nitrogens with zero attached hydrogens (tertiary/aromatic N) is 2. The van der Waals surface area contributed by atoms with Gasteiger partial charge in [-0.2, -0.15) is 13.2 Å². The number of likely N-dealkylation sites (tertiary alicyclic amines) is 2. The fourth-order valence-corrected chi connectivity index (χ4v) is 4.87. The van der Waals surface area contributed by atoms with E-state index in [4.69, 9.17) is 9.47 Å². The van der Waals surface area contributed by atoms with Crippen molar-refractivity contribution in [2.75, 3.05) is 45.7 Å². The van der Waals surface area contributed by atoms with Crippen LogP contribution >= 0.6 is 0 Å². The van der Waals surface area contributed by atoms with E-state index in [9.17, 15) is 22.8 Å². The molecule has 2 aliphatic rings. The molecule has 0 unspecified atom stereocenters. The predicted octanol–water partition coefficient (Wildman–Crippen LogP) is 4.88. The van der Waals surface area contributed by atoms with E-state index in [2.05, 4.69) is 5.32 Å². The van der Waals surface area contributed by atoms with Gasteiger partial charge in [-0.15, -0.1) is 0 Å². The summed E-state index contributed by atoms with van der Waals surface area (Å²) in [7, 11) is 3.03. The maximum atomic E-state index is 13.2. The zero-order chi connectivity index (χ0) is 25.2. The van der Waals surface area contributed by atoms with E-state index in [0.717, 1.165) is 31.4 Å². The Morgan fingerprint density at radius 1 is 0.886 bits per heavy atom. The Bertz CT molecular complexity index is 1060. The molecule has 1 N–H and O–H groups in total. The molecule has 4 rings (SSSR count). The summed E-state index contributed by atoms with van der Waals surface area (Å²) in [6.07, 6.45) is -2.11. The van der Waals surface area contributed by atoms with Crippen LogP contribution in [0.5, 0.6) is 11.5 Å². The van der Waals surface area contributed by atoms with Crippen molar-refractivity contribution in [3.05, 3.63) is 53.6 Å². The molecule has 35 heavy (non-hydrogen) atoms. The van der Waals surface area contributed by atoms with Gasteiger partial charge >= 0.3 is 12.2 Å². The lowest BCUT2D eigenvalue weighted by Gasteiger charge is -2.39. The van der Waals surface area contributed by atoms with Crippen LogP contribution in [0, 0.1) is 5.41 Å². The van der Waals surface area contributed by atoms with Crippen LogP contribution in [0.1, 0.15) is 35.2 Å². The zero-order valence-electron chi connectivity index (χ0n) is 19.7. The molecule has 2 aromatic carbocycles. The number of carbonyl (C=O) groups excluding carboxylic acids is 2. The summed E-state index contributed by atoms with van der Waals surface area (Å²) in [6.45, 7) is 2.20. The van der Waals surface area contributed by atoms with Crippen LogP contribution in [0.2, 0.25) is 0 Å². The smallest absolute Gasteiger partial charge is 0.416 e. The summed E-state index contributed by atoms with van der Waals surface area (Å²) < 4.78 is 49.0. The van der Waals surface area contributed by atoms with Crippen LogP contribution in [0.4, 0.5) is 23.7 Å². The maximum absolute atomic E-state index is 13.2. The zero-order valence-corrected chi connectivity index (χ0v) is 19.7. The number of urea groups is 1. The van der Waals surface area contributed by atoms with Crippen molar-refractivity contribution in [1.82, 2.24) is 9.80 Å². The fourth-order valence-electron chi connectivity index (χ4n) is 4.87. The number of piperidine rings is 1. The molecule has 0 atom stereocenters. The van der Waals surface area contributed by atoms with Gasteiger partial charge in [0.1, 0.15) is 17.1 Å². The van der Waals surface area contributed by atoms with Crippen LogP contribution in [0.15, 0.2) is 42.5 Å². The van der Waals surface area contributed by atoms with Crippen molar-refractivity contribution in [2.24, 2.45) is 5.41 Å². The van der Waals surface area contributed by atoms with Gasteiger partial charge in [-0.05, 0) is 61.1 Å². The molecule has 3 amide bonds. The first-order valence-corrected chi connectivity index (χ1v) is 11.4. The van der Waals surface area contributed by atoms with Crippen molar-refractivity contribution in [1.29, 1.82) is 0 Å². The number of nitrogens with one attached hydrogen (secondary N) is 1. The number of halogens is 3. The average molecular weight is 492 g/mol. The number of methoxy groups -OCH3 is 2. The highest BCUT2D eigenvalue weighted by Gasteiger charge is 2.43. The number of carbonyl (C=O) groups is 2. The molecule has 0 radical (unpaired) electrons. The molecule has 0 aliphatic carbocycles. The Balaban J connectivity index is 1.35. The lowest BCUT2D eigenvalue weighted by Crippen LogP contribution is -2.45. The van der Waals surface area contributed by atoms with Gasteiger partial charge in [-0.1, -0.05) is 6.07 Å². The highest BCUT2D eigenvalue weighted by atomic mass is 19.4. The molecule has 2 aliphatic heterocycles. The SMILES string of the molecule is COc1cccc(OC)c1C(=O)N1CCC2(CCN(C(=O)Nc3ccc(C(F)(F)F)cc3)C2)CC1. The van der Waals surface area contributed by atoms with E-state index in [1.807, 2.05) is 0 Å². The quantitative estimate of drug-likeness (QED) is 0.662. The van der Waals surface area contributed by atoms with Gasteiger partial charge in [0.25, 0.3) is 5.91 Å². The largest absolute Gasteiger partial charge is 0.496 e. The van der Waals surface area contributed by atoms with Crippen molar-refractivity contribution in [3.8, 4) is 11.5 Å². The topological polar surface area (TPSA) is 71.1 Å². The first-order valence-electron chi connectivity index (χ1n) is 11.4. The Hall–Kier alpha value is -3.43.